The van der Waals surface area contributed by atoms with Crippen molar-refractivity contribution >= 4 is 45.1 Å². The molecule has 0 unspecified atom stereocenters. The van der Waals surface area contributed by atoms with Crippen LogP contribution in [0.25, 0.3) is 10.1 Å². The lowest BCUT2D eigenvalue weighted by Crippen LogP contribution is -2.07. The molecule has 2 N–H and O–H groups in total. The fraction of sp³-hybridized carbons (Fsp3) is 0.167. The highest BCUT2D eigenvalue weighted by Crippen LogP contribution is 2.38. The molecule has 0 fully saturated rings. The van der Waals surface area contributed by atoms with E-state index in [9.17, 15) is 19.8 Å². The van der Waals surface area contributed by atoms with Gasteiger partial charge < -0.3 is 10.2 Å². The molecule has 0 saturated heterocycles. The van der Waals surface area contributed by atoms with Gasteiger partial charge in [0, 0.05) is 15.0 Å². The van der Waals surface area contributed by atoms with Gasteiger partial charge in [-0.3, -0.25) is 0 Å². The van der Waals surface area contributed by atoms with Crippen LogP contribution < -0.4 is 0 Å². The molecule has 0 aliphatic carbocycles. The van der Waals surface area contributed by atoms with Crippen LogP contribution in [-0.2, 0) is 0 Å². The van der Waals surface area contributed by atoms with Crippen molar-refractivity contribution < 1.29 is 19.8 Å². The van der Waals surface area contributed by atoms with Crippen molar-refractivity contribution in [3.8, 4) is 0 Å². The minimum Gasteiger partial charge on any atom is -0.478 e. The monoisotopic (exact) mass is 282 g/mol. The Bertz CT molecular complexity index is 658. The first-order valence-corrected chi connectivity index (χ1v) is 7.13. The number of carboxylic acids is 2. The normalized spacial score (nSPS) is 10.8. The van der Waals surface area contributed by atoms with Gasteiger partial charge in [0.15, 0.2) is 0 Å². The van der Waals surface area contributed by atoms with Crippen LogP contribution in [-0.4, -0.2) is 28.4 Å². The maximum Gasteiger partial charge on any atom is 0.337 e. The van der Waals surface area contributed by atoms with Crippen LogP contribution in [0, 0.1) is 6.92 Å². The molecular weight excluding hydrogens is 272 g/mol. The van der Waals surface area contributed by atoms with Crippen LogP contribution in [0.4, 0.5) is 0 Å². The Morgan fingerprint density at radius 3 is 2.33 bits per heavy atom. The topological polar surface area (TPSA) is 74.6 Å². The minimum atomic E-state index is -1.03. The number of thioether (sulfide) groups is 1. The second-order valence-electron chi connectivity index (χ2n) is 3.68. The standard InChI is InChI=1S/C12H10O4S2/c1-5-7(11(13)14)10-6(3-4-18-10)8(12(15)16)9(5)17-2/h3-4H,1-2H3,(H,13,14)(H,15,16). The number of benzene rings is 1. The van der Waals surface area contributed by atoms with Crippen LogP contribution in [0.1, 0.15) is 26.3 Å². The minimum absolute atomic E-state index is 0.196. The molecule has 0 aliphatic heterocycles. The van der Waals surface area contributed by atoms with E-state index in [1.54, 1.807) is 24.6 Å². The molecule has 6 heteroatoms. The molecule has 1 aromatic heterocycles. The number of fused-ring (bicyclic) bond motifs is 1. The first-order chi connectivity index (χ1) is 8.49. The maximum absolute atomic E-state index is 11.4. The third-order valence-corrected chi connectivity index (χ3v) is 4.59. The summed E-state index contributed by atoms with van der Waals surface area (Å²) in [6.07, 6.45) is 1.75. The lowest BCUT2D eigenvalue weighted by atomic mass is 10.0. The Kier molecular flexibility index (Phi) is 3.32. The van der Waals surface area contributed by atoms with Crippen molar-refractivity contribution in [2.45, 2.75) is 11.8 Å². The molecule has 18 heavy (non-hydrogen) atoms. The average Bonchev–Trinajstić information content (AvgIpc) is 2.74. The lowest BCUT2D eigenvalue weighted by Gasteiger charge is -2.12. The molecule has 0 atom stereocenters. The van der Waals surface area contributed by atoms with Gasteiger partial charge in [-0.05, 0) is 30.2 Å². The second kappa shape index (κ2) is 4.62. The first-order valence-electron chi connectivity index (χ1n) is 5.03. The van der Waals surface area contributed by atoms with Crippen molar-refractivity contribution in [1.29, 1.82) is 0 Å². The highest BCUT2D eigenvalue weighted by molar-refractivity contribution is 7.98. The van der Waals surface area contributed by atoms with Crippen LogP contribution in [0.5, 0.6) is 0 Å². The van der Waals surface area contributed by atoms with E-state index in [-0.39, 0.29) is 11.1 Å². The van der Waals surface area contributed by atoms with E-state index in [4.69, 9.17) is 0 Å². The second-order valence-corrected chi connectivity index (χ2v) is 5.41. The Labute approximate surface area is 111 Å². The van der Waals surface area contributed by atoms with Crippen LogP contribution in [0.3, 0.4) is 0 Å². The molecule has 0 bridgehead atoms. The molecule has 1 aromatic carbocycles. The fourth-order valence-electron chi connectivity index (χ4n) is 2.02. The van der Waals surface area contributed by atoms with E-state index >= 15 is 0 Å². The van der Waals surface area contributed by atoms with E-state index in [0.717, 1.165) is 0 Å². The SMILES string of the molecule is CSc1c(C)c(C(=O)O)c2sccc2c1C(=O)O. The van der Waals surface area contributed by atoms with Gasteiger partial charge in [0.2, 0.25) is 0 Å². The molecule has 0 amide bonds. The molecule has 2 rings (SSSR count). The molecule has 94 valence electrons. The predicted octanol–water partition coefficient (Wildman–Crippen LogP) is 3.33. The van der Waals surface area contributed by atoms with E-state index in [2.05, 4.69) is 0 Å². The number of hydrogen-bond donors (Lipinski definition) is 2. The summed E-state index contributed by atoms with van der Waals surface area (Å²) in [7, 11) is 0. The quantitative estimate of drug-likeness (QED) is 0.845. The molecule has 0 spiro atoms. The van der Waals surface area contributed by atoms with Gasteiger partial charge in [-0.2, -0.15) is 0 Å². The summed E-state index contributed by atoms with van der Waals surface area (Å²) in [4.78, 5) is 23.2. The Morgan fingerprint density at radius 2 is 1.83 bits per heavy atom. The van der Waals surface area contributed by atoms with Gasteiger partial charge in [-0.1, -0.05) is 0 Å². The van der Waals surface area contributed by atoms with E-state index in [0.29, 0.717) is 20.5 Å². The largest absolute Gasteiger partial charge is 0.478 e. The molecular formula is C12H10O4S2. The van der Waals surface area contributed by atoms with Crippen LogP contribution in [0.2, 0.25) is 0 Å². The van der Waals surface area contributed by atoms with Gasteiger partial charge in [0.25, 0.3) is 0 Å². The zero-order valence-corrected chi connectivity index (χ0v) is 11.3. The molecule has 0 radical (unpaired) electrons. The van der Waals surface area contributed by atoms with Crippen molar-refractivity contribution in [2.75, 3.05) is 6.26 Å². The van der Waals surface area contributed by atoms with Gasteiger partial charge in [0.05, 0.1) is 11.1 Å². The van der Waals surface area contributed by atoms with Crippen LogP contribution >= 0.6 is 23.1 Å². The number of aromatic carboxylic acids is 2. The summed E-state index contributed by atoms with van der Waals surface area (Å²) in [5, 5.41) is 20.8. The summed E-state index contributed by atoms with van der Waals surface area (Å²) in [5.74, 6) is -2.05. The van der Waals surface area contributed by atoms with E-state index < -0.39 is 11.9 Å². The van der Waals surface area contributed by atoms with Gasteiger partial charge >= 0.3 is 11.9 Å². The Morgan fingerprint density at radius 1 is 1.22 bits per heavy atom. The number of carbonyl (C=O) groups is 2. The zero-order chi connectivity index (χ0) is 13.4. The third kappa shape index (κ3) is 1.77. The van der Waals surface area contributed by atoms with Crippen molar-refractivity contribution in [3.63, 3.8) is 0 Å². The number of rotatable bonds is 3. The number of carboxylic acid groups (broad SMARTS) is 2. The smallest absolute Gasteiger partial charge is 0.337 e. The summed E-state index contributed by atoms with van der Waals surface area (Å²) in [5.41, 5.74) is 0.915. The van der Waals surface area contributed by atoms with Crippen molar-refractivity contribution in [3.05, 3.63) is 28.1 Å². The summed E-state index contributed by atoms with van der Waals surface area (Å²) < 4.78 is 0.523. The molecule has 0 saturated carbocycles. The lowest BCUT2D eigenvalue weighted by molar-refractivity contribution is 0.0680. The highest BCUT2D eigenvalue weighted by Gasteiger charge is 2.24. The van der Waals surface area contributed by atoms with Gasteiger partial charge in [-0.25, -0.2) is 9.59 Å². The maximum atomic E-state index is 11.4. The summed E-state index contributed by atoms with van der Waals surface area (Å²) in [6, 6.07) is 1.66. The number of thiophene rings is 1. The predicted molar refractivity (Wildman–Crippen MR) is 72.3 cm³/mol. The van der Waals surface area contributed by atoms with Crippen molar-refractivity contribution in [2.24, 2.45) is 0 Å². The van der Waals surface area contributed by atoms with E-state index in [1.165, 1.54) is 23.1 Å². The third-order valence-electron chi connectivity index (χ3n) is 2.74. The van der Waals surface area contributed by atoms with Crippen LogP contribution in [0.15, 0.2) is 16.3 Å². The Hall–Kier alpha value is -1.53. The van der Waals surface area contributed by atoms with E-state index in [1.807, 2.05) is 0 Å². The molecule has 2 aromatic rings. The van der Waals surface area contributed by atoms with Gasteiger partial charge in [-0.15, -0.1) is 23.1 Å². The zero-order valence-electron chi connectivity index (χ0n) is 9.68. The molecule has 1 heterocycles. The molecule has 4 nitrogen and oxygen atoms in total. The molecule has 0 aliphatic rings. The van der Waals surface area contributed by atoms with Gasteiger partial charge in [0.1, 0.15) is 0 Å². The summed E-state index contributed by atoms with van der Waals surface area (Å²) in [6.45, 7) is 1.65. The Balaban J connectivity index is 3.02. The average molecular weight is 282 g/mol. The first kappa shape index (κ1) is 12.9. The highest BCUT2D eigenvalue weighted by atomic mass is 32.2. The fourth-order valence-corrected chi connectivity index (χ4v) is 3.82. The summed E-state index contributed by atoms with van der Waals surface area (Å²) >= 11 is 2.51. The van der Waals surface area contributed by atoms with Crippen molar-refractivity contribution in [1.82, 2.24) is 0 Å². The number of hydrogen-bond acceptors (Lipinski definition) is 4.